The first-order valence-corrected chi connectivity index (χ1v) is 9.68. The van der Waals surface area contributed by atoms with E-state index in [-0.39, 0.29) is 11.8 Å². The number of nitrogens with zero attached hydrogens (tertiary/aromatic N) is 5. The van der Waals surface area contributed by atoms with Gasteiger partial charge in [-0.3, -0.25) is 9.48 Å². The van der Waals surface area contributed by atoms with Crippen LogP contribution in [0, 0.1) is 13.8 Å². The topological polar surface area (TPSA) is 82.4 Å². The minimum atomic E-state index is 0.0245. The van der Waals surface area contributed by atoms with Gasteiger partial charge < -0.3 is 14.4 Å². The van der Waals surface area contributed by atoms with Gasteiger partial charge in [-0.25, -0.2) is 9.97 Å². The maximum atomic E-state index is 13.0. The molecule has 8 nitrogen and oxygen atoms in total. The molecule has 0 saturated carbocycles. The molecule has 152 valence electrons. The smallest absolute Gasteiger partial charge is 0.272 e. The van der Waals surface area contributed by atoms with Crippen LogP contribution < -0.4 is 0 Å². The molecule has 0 aromatic carbocycles. The largest absolute Gasteiger partial charge is 0.382 e. The molecule has 0 bridgehead atoms. The van der Waals surface area contributed by atoms with Gasteiger partial charge >= 0.3 is 0 Å². The van der Waals surface area contributed by atoms with Crippen LogP contribution in [0.2, 0.25) is 0 Å². The Labute approximate surface area is 165 Å². The molecule has 1 unspecified atom stereocenters. The van der Waals surface area contributed by atoms with E-state index < -0.39 is 0 Å². The Balaban J connectivity index is 1.75. The lowest BCUT2D eigenvalue weighted by Gasteiger charge is -2.33. The Morgan fingerprint density at radius 1 is 1.32 bits per heavy atom. The molecule has 0 N–H and O–H groups in total. The predicted molar refractivity (Wildman–Crippen MR) is 104 cm³/mol. The first-order valence-electron chi connectivity index (χ1n) is 9.68. The number of hydrogen-bond donors (Lipinski definition) is 0. The van der Waals surface area contributed by atoms with Crippen molar-refractivity contribution in [3.05, 3.63) is 40.7 Å². The van der Waals surface area contributed by atoms with Crippen molar-refractivity contribution in [3.8, 4) is 0 Å². The van der Waals surface area contributed by atoms with Crippen molar-refractivity contribution in [2.45, 2.75) is 39.2 Å². The van der Waals surface area contributed by atoms with Crippen LogP contribution in [0.25, 0.3) is 0 Å². The number of likely N-dealkylation sites (tertiary alicyclic amines) is 1. The standard InChI is InChI=1S/C20H29N5O3/c1-14-10-18(24(3)23-14)20(26)25-7-5-6-16(12-25)19-17(11-21-15(2)22-19)13-28-9-8-27-4/h10-11,16H,5-9,12-13H2,1-4H3. The highest BCUT2D eigenvalue weighted by molar-refractivity contribution is 5.92. The number of hydrogen-bond acceptors (Lipinski definition) is 6. The highest BCUT2D eigenvalue weighted by Gasteiger charge is 2.29. The van der Waals surface area contributed by atoms with Crippen LogP contribution in [0.5, 0.6) is 0 Å². The molecule has 1 amide bonds. The van der Waals surface area contributed by atoms with Crippen LogP contribution in [0.3, 0.4) is 0 Å². The fraction of sp³-hybridized carbons (Fsp3) is 0.600. The van der Waals surface area contributed by atoms with Gasteiger partial charge in [0.1, 0.15) is 11.5 Å². The van der Waals surface area contributed by atoms with Crippen molar-refractivity contribution in [1.82, 2.24) is 24.6 Å². The highest BCUT2D eigenvalue weighted by Crippen LogP contribution is 2.29. The summed E-state index contributed by atoms with van der Waals surface area (Å²) in [7, 11) is 3.46. The van der Waals surface area contributed by atoms with Gasteiger partial charge in [-0.2, -0.15) is 5.10 Å². The monoisotopic (exact) mass is 387 g/mol. The van der Waals surface area contributed by atoms with E-state index >= 15 is 0 Å². The lowest BCUT2D eigenvalue weighted by atomic mass is 9.92. The Morgan fingerprint density at radius 3 is 2.86 bits per heavy atom. The molecule has 1 fully saturated rings. The summed E-state index contributed by atoms with van der Waals surface area (Å²) in [4.78, 5) is 24.0. The number of aromatic nitrogens is 4. The predicted octanol–water partition coefficient (Wildman–Crippen LogP) is 2.01. The summed E-state index contributed by atoms with van der Waals surface area (Å²) in [5.74, 6) is 0.938. The third-order valence-electron chi connectivity index (χ3n) is 5.02. The van der Waals surface area contributed by atoms with E-state index in [1.807, 2.05) is 38.1 Å². The second kappa shape index (κ2) is 9.25. The van der Waals surface area contributed by atoms with Crippen molar-refractivity contribution >= 4 is 5.91 Å². The van der Waals surface area contributed by atoms with Gasteiger partial charge in [0.2, 0.25) is 0 Å². The summed E-state index contributed by atoms with van der Waals surface area (Å²) < 4.78 is 12.4. The van der Waals surface area contributed by atoms with E-state index in [4.69, 9.17) is 14.5 Å². The number of rotatable bonds is 7. The molecular weight excluding hydrogens is 358 g/mol. The van der Waals surface area contributed by atoms with Crippen LogP contribution in [0.4, 0.5) is 0 Å². The summed E-state index contributed by atoms with van der Waals surface area (Å²) in [5.41, 5.74) is 3.45. The van der Waals surface area contributed by atoms with Gasteiger partial charge in [0, 0.05) is 44.9 Å². The molecule has 8 heteroatoms. The third kappa shape index (κ3) is 4.74. The molecule has 1 saturated heterocycles. The molecule has 2 aromatic rings. The molecular formula is C20H29N5O3. The molecule has 1 aliphatic heterocycles. The number of ether oxygens (including phenoxy) is 2. The highest BCUT2D eigenvalue weighted by atomic mass is 16.5. The van der Waals surface area contributed by atoms with Crippen LogP contribution in [-0.2, 0) is 23.1 Å². The number of aryl methyl sites for hydroxylation is 3. The summed E-state index contributed by atoms with van der Waals surface area (Å²) in [6.45, 7) is 6.72. The van der Waals surface area contributed by atoms with Gasteiger partial charge in [-0.1, -0.05) is 0 Å². The summed E-state index contributed by atoms with van der Waals surface area (Å²) in [5, 5.41) is 4.30. The maximum absolute atomic E-state index is 13.0. The van der Waals surface area contributed by atoms with Gasteiger partial charge in [0.25, 0.3) is 5.91 Å². The van der Waals surface area contributed by atoms with Gasteiger partial charge in [-0.05, 0) is 32.8 Å². The van der Waals surface area contributed by atoms with Gasteiger partial charge in [-0.15, -0.1) is 0 Å². The lowest BCUT2D eigenvalue weighted by molar-refractivity contribution is 0.0602. The molecule has 1 aliphatic rings. The first kappa shape index (κ1) is 20.4. The van der Waals surface area contributed by atoms with E-state index in [1.165, 1.54) is 0 Å². The zero-order valence-electron chi connectivity index (χ0n) is 17.1. The molecule has 1 atom stereocenters. The molecule has 3 heterocycles. The van der Waals surface area contributed by atoms with E-state index in [2.05, 4.69) is 10.1 Å². The van der Waals surface area contributed by atoms with Crippen LogP contribution in [0.1, 0.15) is 52.0 Å². The van der Waals surface area contributed by atoms with Crippen molar-refractivity contribution in [2.24, 2.45) is 7.05 Å². The summed E-state index contributed by atoms with van der Waals surface area (Å²) >= 11 is 0. The Morgan fingerprint density at radius 2 is 2.14 bits per heavy atom. The van der Waals surface area contributed by atoms with Crippen molar-refractivity contribution < 1.29 is 14.3 Å². The Kier molecular flexibility index (Phi) is 6.74. The fourth-order valence-electron chi connectivity index (χ4n) is 3.66. The Bertz CT molecular complexity index is 820. The number of carbonyl (C=O) groups excluding carboxylic acids is 1. The van der Waals surface area contributed by atoms with E-state index in [9.17, 15) is 4.79 Å². The quantitative estimate of drug-likeness (QED) is 0.676. The van der Waals surface area contributed by atoms with Crippen molar-refractivity contribution in [1.29, 1.82) is 0 Å². The van der Waals surface area contributed by atoms with Crippen molar-refractivity contribution in [2.75, 3.05) is 33.4 Å². The first-order chi connectivity index (χ1) is 13.5. The van der Waals surface area contributed by atoms with Gasteiger partial charge in [0.15, 0.2) is 0 Å². The van der Waals surface area contributed by atoms with Crippen molar-refractivity contribution in [3.63, 3.8) is 0 Å². The molecule has 0 radical (unpaired) electrons. The van der Waals surface area contributed by atoms with Crippen LogP contribution >= 0.6 is 0 Å². The second-order valence-electron chi connectivity index (χ2n) is 7.26. The fourth-order valence-corrected chi connectivity index (χ4v) is 3.66. The molecule has 0 aliphatic carbocycles. The second-order valence-corrected chi connectivity index (χ2v) is 7.26. The number of methoxy groups -OCH3 is 1. The summed E-state index contributed by atoms with van der Waals surface area (Å²) in [6, 6.07) is 1.84. The number of carbonyl (C=O) groups is 1. The lowest BCUT2D eigenvalue weighted by Crippen LogP contribution is -2.40. The zero-order chi connectivity index (χ0) is 20.1. The average molecular weight is 387 g/mol. The maximum Gasteiger partial charge on any atom is 0.272 e. The van der Waals surface area contributed by atoms with Gasteiger partial charge in [0.05, 0.1) is 31.2 Å². The van der Waals surface area contributed by atoms with Crippen LogP contribution in [0.15, 0.2) is 12.3 Å². The summed E-state index contributed by atoms with van der Waals surface area (Å²) in [6.07, 6.45) is 3.78. The number of amides is 1. The van der Waals surface area contributed by atoms with Crippen LogP contribution in [-0.4, -0.2) is 64.0 Å². The van der Waals surface area contributed by atoms with E-state index in [1.54, 1.807) is 11.8 Å². The third-order valence-corrected chi connectivity index (χ3v) is 5.02. The normalized spacial score (nSPS) is 17.1. The Hall–Kier alpha value is -2.32. The average Bonchev–Trinajstić information content (AvgIpc) is 3.03. The van der Waals surface area contributed by atoms with E-state index in [0.29, 0.717) is 32.1 Å². The minimum Gasteiger partial charge on any atom is -0.382 e. The minimum absolute atomic E-state index is 0.0245. The molecule has 28 heavy (non-hydrogen) atoms. The molecule has 0 spiro atoms. The molecule has 3 rings (SSSR count). The molecule has 2 aromatic heterocycles. The number of piperidine rings is 1. The zero-order valence-corrected chi connectivity index (χ0v) is 17.1. The SMILES string of the molecule is COCCOCc1cnc(C)nc1C1CCCN(C(=O)c2cc(C)nn2C)C1. The van der Waals surface area contributed by atoms with E-state index in [0.717, 1.165) is 42.2 Å².